The van der Waals surface area contributed by atoms with E-state index in [0.717, 1.165) is 12.0 Å². The summed E-state index contributed by atoms with van der Waals surface area (Å²) in [5.41, 5.74) is 2.41. The largest absolute Gasteiger partial charge is 0.352 e. The number of nitrogens with one attached hydrogen (secondary N) is 1. The summed E-state index contributed by atoms with van der Waals surface area (Å²) in [6.45, 7) is 14.0. The van der Waals surface area contributed by atoms with Gasteiger partial charge in [-0.15, -0.1) is 0 Å². The smallest absolute Gasteiger partial charge is 0.251 e. The summed E-state index contributed by atoms with van der Waals surface area (Å²) in [7, 11) is 0. The molecule has 0 fully saturated rings. The van der Waals surface area contributed by atoms with Crippen molar-refractivity contribution in [3.05, 3.63) is 72.6 Å². The quantitative estimate of drug-likeness (QED) is 0.702. The van der Waals surface area contributed by atoms with Crippen LogP contribution in [0.4, 0.5) is 5.69 Å². The lowest BCUT2D eigenvalue weighted by Crippen LogP contribution is -2.45. The second kappa shape index (κ2) is 9.50. The second-order valence-corrected chi connectivity index (χ2v) is 8.22. The number of pyridine rings is 1. The van der Waals surface area contributed by atoms with Crippen LogP contribution in [0, 0.1) is 0 Å². The highest BCUT2D eigenvalue weighted by molar-refractivity contribution is 6.06. The average Bonchev–Trinajstić information content (AvgIpc) is 2.71. The van der Waals surface area contributed by atoms with Crippen molar-refractivity contribution < 1.29 is 9.59 Å². The predicted octanol–water partition coefficient (Wildman–Crippen LogP) is 4.55. The van der Waals surface area contributed by atoms with Crippen LogP contribution in [0.1, 0.15) is 58.2 Å². The van der Waals surface area contributed by atoms with Crippen molar-refractivity contribution >= 4 is 17.5 Å². The minimum absolute atomic E-state index is 0.00868. The highest BCUT2D eigenvalue weighted by Crippen LogP contribution is 2.30. The monoisotopic (exact) mass is 393 g/mol. The maximum Gasteiger partial charge on any atom is 0.251 e. The van der Waals surface area contributed by atoms with E-state index in [1.807, 2.05) is 38.1 Å². The third kappa shape index (κ3) is 5.53. The third-order valence-corrected chi connectivity index (χ3v) is 4.93. The van der Waals surface area contributed by atoms with Gasteiger partial charge >= 0.3 is 0 Å². The summed E-state index contributed by atoms with van der Waals surface area (Å²) in [6, 6.07) is 10.5. The normalized spacial score (nSPS) is 13.3. The molecule has 0 aliphatic rings. The number of nitrogens with zero attached hydrogens (tertiary/aromatic N) is 2. The Labute approximate surface area is 173 Å². The van der Waals surface area contributed by atoms with E-state index < -0.39 is 6.04 Å². The molecule has 29 heavy (non-hydrogen) atoms. The van der Waals surface area contributed by atoms with Crippen LogP contribution in [0.2, 0.25) is 0 Å². The Morgan fingerprint density at radius 1 is 1.21 bits per heavy atom. The fraction of sp³-hybridized carbons (Fsp3) is 0.375. The van der Waals surface area contributed by atoms with E-state index in [9.17, 15) is 9.59 Å². The summed E-state index contributed by atoms with van der Waals surface area (Å²) in [6.07, 6.45) is 5.29. The molecular formula is C24H31N3O2. The minimum Gasteiger partial charge on any atom is -0.352 e. The van der Waals surface area contributed by atoms with Crippen LogP contribution in [0.5, 0.6) is 0 Å². The van der Waals surface area contributed by atoms with E-state index >= 15 is 0 Å². The Morgan fingerprint density at radius 2 is 1.86 bits per heavy atom. The van der Waals surface area contributed by atoms with Gasteiger partial charge in [0, 0.05) is 29.7 Å². The molecule has 2 amide bonds. The molecular weight excluding hydrogens is 362 g/mol. The van der Waals surface area contributed by atoms with Gasteiger partial charge in [0.15, 0.2) is 0 Å². The van der Waals surface area contributed by atoms with Crippen molar-refractivity contribution in [2.24, 2.45) is 0 Å². The molecule has 1 N–H and O–H groups in total. The first-order valence-electron chi connectivity index (χ1n) is 9.95. The molecule has 5 nitrogen and oxygen atoms in total. The zero-order valence-corrected chi connectivity index (χ0v) is 18.0. The highest BCUT2D eigenvalue weighted by atomic mass is 16.2. The zero-order chi connectivity index (χ0) is 21.6. The number of carbonyl (C=O) groups is 2. The summed E-state index contributed by atoms with van der Waals surface area (Å²) >= 11 is 0. The maximum absolute atomic E-state index is 13.2. The Hall–Kier alpha value is -2.95. The lowest BCUT2D eigenvalue weighted by Gasteiger charge is -2.32. The van der Waals surface area contributed by atoms with Crippen molar-refractivity contribution in [2.75, 3.05) is 4.90 Å². The van der Waals surface area contributed by atoms with E-state index in [-0.39, 0.29) is 23.3 Å². The van der Waals surface area contributed by atoms with Gasteiger partial charge in [-0.1, -0.05) is 52.5 Å². The summed E-state index contributed by atoms with van der Waals surface area (Å²) < 4.78 is 0. The van der Waals surface area contributed by atoms with Gasteiger partial charge in [0.2, 0.25) is 5.91 Å². The molecule has 1 aromatic heterocycles. The molecule has 0 aliphatic carbocycles. The van der Waals surface area contributed by atoms with Crippen molar-refractivity contribution in [3.63, 3.8) is 0 Å². The minimum atomic E-state index is -0.844. The zero-order valence-electron chi connectivity index (χ0n) is 18.0. The molecule has 0 saturated carbocycles. The topological polar surface area (TPSA) is 62.3 Å². The van der Waals surface area contributed by atoms with Gasteiger partial charge in [-0.2, -0.15) is 0 Å². The van der Waals surface area contributed by atoms with Gasteiger partial charge in [0.25, 0.3) is 5.91 Å². The van der Waals surface area contributed by atoms with Crippen LogP contribution in [0.25, 0.3) is 0 Å². The van der Waals surface area contributed by atoms with Gasteiger partial charge < -0.3 is 5.32 Å². The van der Waals surface area contributed by atoms with E-state index in [0.29, 0.717) is 11.3 Å². The van der Waals surface area contributed by atoms with Crippen LogP contribution in [0.15, 0.2) is 61.4 Å². The maximum atomic E-state index is 13.2. The molecule has 154 valence electrons. The molecule has 5 heteroatoms. The SMILES string of the molecule is C=CC(=O)N(c1ccc(C(C)(C)C)cc1)C(C(=O)NC(C)CC)c1cccnc1. The van der Waals surface area contributed by atoms with Crippen LogP contribution in [0.3, 0.4) is 0 Å². The fourth-order valence-electron chi connectivity index (χ4n) is 3.00. The molecule has 0 spiro atoms. The third-order valence-electron chi connectivity index (χ3n) is 4.93. The molecule has 2 unspecified atom stereocenters. The highest BCUT2D eigenvalue weighted by Gasteiger charge is 2.32. The van der Waals surface area contributed by atoms with E-state index in [4.69, 9.17) is 0 Å². The summed E-state index contributed by atoms with van der Waals surface area (Å²) in [4.78, 5) is 31.7. The number of hydrogen-bond donors (Lipinski definition) is 1. The first-order chi connectivity index (χ1) is 13.7. The predicted molar refractivity (Wildman–Crippen MR) is 118 cm³/mol. The van der Waals surface area contributed by atoms with Crippen molar-refractivity contribution in [3.8, 4) is 0 Å². The average molecular weight is 394 g/mol. The van der Waals surface area contributed by atoms with Crippen molar-refractivity contribution in [2.45, 2.75) is 58.5 Å². The van der Waals surface area contributed by atoms with Crippen LogP contribution < -0.4 is 10.2 Å². The molecule has 2 atom stereocenters. The first-order valence-corrected chi connectivity index (χ1v) is 9.95. The van der Waals surface area contributed by atoms with E-state index in [1.54, 1.807) is 24.5 Å². The van der Waals surface area contributed by atoms with Gasteiger partial charge in [-0.25, -0.2) is 0 Å². The second-order valence-electron chi connectivity index (χ2n) is 8.22. The number of amides is 2. The fourth-order valence-corrected chi connectivity index (χ4v) is 3.00. The van der Waals surface area contributed by atoms with Crippen molar-refractivity contribution in [1.82, 2.24) is 10.3 Å². The van der Waals surface area contributed by atoms with Gasteiger partial charge in [-0.3, -0.25) is 19.5 Å². The Balaban J connectivity index is 2.55. The van der Waals surface area contributed by atoms with E-state index in [1.165, 1.54) is 11.0 Å². The molecule has 2 rings (SSSR count). The summed E-state index contributed by atoms with van der Waals surface area (Å²) in [5.74, 6) is -0.593. The Bertz CT molecular complexity index is 839. The van der Waals surface area contributed by atoms with Crippen LogP contribution in [-0.4, -0.2) is 22.8 Å². The lowest BCUT2D eigenvalue weighted by molar-refractivity contribution is -0.125. The molecule has 0 bridgehead atoms. The molecule has 0 aliphatic heterocycles. The Kier molecular flexibility index (Phi) is 7.32. The number of carbonyl (C=O) groups excluding carboxylic acids is 2. The standard InChI is InChI=1S/C24H31N3O2/c1-7-17(3)26-23(29)22(18-10-9-15-25-16-18)27(21(28)8-2)20-13-11-19(12-14-20)24(4,5)6/h8-17,22H,2,7H2,1,3-6H3,(H,26,29). The molecule has 1 heterocycles. The van der Waals surface area contributed by atoms with Crippen LogP contribution >= 0.6 is 0 Å². The molecule has 0 radical (unpaired) electrons. The van der Waals surface area contributed by atoms with Gasteiger partial charge in [-0.05, 0) is 48.6 Å². The first kappa shape index (κ1) is 22.3. The summed E-state index contributed by atoms with van der Waals surface area (Å²) in [5, 5.41) is 3.00. The number of benzene rings is 1. The van der Waals surface area contributed by atoms with Gasteiger partial charge in [0.1, 0.15) is 6.04 Å². The number of anilines is 1. The molecule has 1 aromatic carbocycles. The number of aromatic nitrogens is 1. The number of hydrogen-bond acceptors (Lipinski definition) is 3. The van der Waals surface area contributed by atoms with E-state index in [2.05, 4.69) is 37.7 Å². The molecule has 2 aromatic rings. The van der Waals surface area contributed by atoms with Crippen LogP contribution in [-0.2, 0) is 15.0 Å². The Morgan fingerprint density at radius 3 is 2.34 bits per heavy atom. The van der Waals surface area contributed by atoms with Gasteiger partial charge in [0.05, 0.1) is 0 Å². The molecule has 0 saturated heterocycles. The number of rotatable bonds is 7. The van der Waals surface area contributed by atoms with Crippen molar-refractivity contribution in [1.29, 1.82) is 0 Å². The lowest BCUT2D eigenvalue weighted by atomic mass is 9.87.